The monoisotopic (exact) mass is 575 g/mol. The zero-order valence-electron chi connectivity index (χ0n) is 20.1. The second-order valence-corrected chi connectivity index (χ2v) is 9.10. The van der Waals surface area contributed by atoms with Gasteiger partial charge < -0.3 is 20.3 Å². The van der Waals surface area contributed by atoms with Crippen LogP contribution in [-0.4, -0.2) is 74.6 Å². The van der Waals surface area contributed by atoms with Crippen molar-refractivity contribution in [2.75, 3.05) is 40.8 Å². The Morgan fingerprint density at radius 3 is 2.33 bits per heavy atom. The first-order chi connectivity index (χ1) is 15.4. The average Bonchev–Trinajstić information content (AvgIpc) is 2.79. The summed E-state index contributed by atoms with van der Waals surface area (Å²) in [6.07, 6.45) is 8.04. The summed E-state index contributed by atoms with van der Waals surface area (Å²) in [6, 6.07) is 5.90. The Balaban J connectivity index is 0.00000385. The highest BCUT2D eigenvalue weighted by Gasteiger charge is 2.22. The lowest BCUT2D eigenvalue weighted by atomic mass is 9.95. The summed E-state index contributed by atoms with van der Waals surface area (Å²) in [6.45, 7) is 2.74. The molecule has 1 aliphatic heterocycles. The predicted octanol–water partition coefficient (Wildman–Crippen LogP) is 3.37. The van der Waals surface area contributed by atoms with Gasteiger partial charge in [-0.05, 0) is 43.4 Å². The van der Waals surface area contributed by atoms with Crippen molar-refractivity contribution >= 4 is 35.8 Å². The number of halogens is 2. The summed E-state index contributed by atoms with van der Waals surface area (Å²) >= 11 is 0. The maximum atomic E-state index is 14.0. The fraction of sp³-hybridized carbons (Fsp3) is 0.667. The van der Waals surface area contributed by atoms with Gasteiger partial charge in [-0.3, -0.25) is 9.69 Å². The van der Waals surface area contributed by atoms with Gasteiger partial charge in [-0.1, -0.05) is 25.3 Å². The molecule has 0 unspecified atom stereocenters. The molecule has 0 radical (unpaired) electrons. The SMILES string of the molecule is COc1ccc(CN2CCC(NC(=NCC(=O)N(C)C)NC3CCCCC3)CC2)cc1F.I. The van der Waals surface area contributed by atoms with Crippen molar-refractivity contribution in [1.82, 2.24) is 20.4 Å². The number of likely N-dealkylation sites (tertiary alicyclic amines) is 1. The van der Waals surface area contributed by atoms with E-state index in [4.69, 9.17) is 4.74 Å². The minimum Gasteiger partial charge on any atom is -0.494 e. The molecule has 1 saturated heterocycles. The molecular weight excluding hydrogens is 536 g/mol. The normalized spacial score (nSPS) is 18.4. The quantitative estimate of drug-likeness (QED) is 0.297. The number of rotatable bonds is 7. The predicted molar refractivity (Wildman–Crippen MR) is 141 cm³/mol. The van der Waals surface area contributed by atoms with E-state index in [9.17, 15) is 9.18 Å². The number of hydrogen-bond acceptors (Lipinski definition) is 4. The Bertz CT molecular complexity index is 778. The van der Waals surface area contributed by atoms with Gasteiger partial charge in [-0.15, -0.1) is 24.0 Å². The van der Waals surface area contributed by atoms with Crippen molar-refractivity contribution in [3.05, 3.63) is 29.6 Å². The van der Waals surface area contributed by atoms with E-state index < -0.39 is 0 Å². The summed E-state index contributed by atoms with van der Waals surface area (Å²) in [5.41, 5.74) is 0.957. The van der Waals surface area contributed by atoms with Gasteiger partial charge in [-0.25, -0.2) is 9.38 Å². The molecule has 0 aromatic heterocycles. The standard InChI is InChI=1S/C24H38FN5O2.HI/c1-29(2)23(31)16-26-24(27-19-7-5-4-6-8-19)28-20-11-13-30(14-12-20)17-18-9-10-22(32-3)21(25)15-18;/h9-10,15,19-20H,4-8,11-14,16-17H2,1-3H3,(H2,26,27,28);1H. The van der Waals surface area contributed by atoms with E-state index in [1.54, 1.807) is 31.1 Å². The number of aliphatic imine (C=N–C) groups is 1. The van der Waals surface area contributed by atoms with Crippen molar-refractivity contribution in [2.24, 2.45) is 4.99 Å². The zero-order valence-corrected chi connectivity index (χ0v) is 22.4. The molecule has 0 bridgehead atoms. The highest BCUT2D eigenvalue weighted by molar-refractivity contribution is 14.0. The van der Waals surface area contributed by atoms with Crippen LogP contribution in [0, 0.1) is 5.82 Å². The lowest BCUT2D eigenvalue weighted by Gasteiger charge is -2.34. The topological polar surface area (TPSA) is 69.2 Å². The van der Waals surface area contributed by atoms with Crippen LogP contribution in [0.15, 0.2) is 23.2 Å². The summed E-state index contributed by atoms with van der Waals surface area (Å²) in [5.74, 6) is 0.712. The van der Waals surface area contributed by atoms with Crippen LogP contribution in [0.1, 0.15) is 50.5 Å². The molecule has 7 nitrogen and oxygen atoms in total. The number of hydrogen-bond donors (Lipinski definition) is 2. The van der Waals surface area contributed by atoms with Crippen LogP contribution in [0.2, 0.25) is 0 Å². The van der Waals surface area contributed by atoms with Gasteiger partial charge in [-0.2, -0.15) is 0 Å². The fourth-order valence-electron chi connectivity index (χ4n) is 4.36. The lowest BCUT2D eigenvalue weighted by molar-refractivity contribution is -0.127. The molecule has 2 N–H and O–H groups in total. The van der Waals surface area contributed by atoms with Gasteiger partial charge in [0.25, 0.3) is 0 Å². The Hall–Kier alpha value is -1.62. The summed E-state index contributed by atoms with van der Waals surface area (Å²) in [5, 5.41) is 7.14. The Labute approximate surface area is 214 Å². The lowest BCUT2D eigenvalue weighted by Crippen LogP contribution is -2.51. The van der Waals surface area contributed by atoms with E-state index >= 15 is 0 Å². The van der Waals surface area contributed by atoms with Crippen LogP contribution in [-0.2, 0) is 11.3 Å². The second-order valence-electron chi connectivity index (χ2n) is 9.10. The molecule has 2 fully saturated rings. The minimum atomic E-state index is -0.316. The van der Waals surface area contributed by atoms with E-state index in [0.29, 0.717) is 12.1 Å². The molecule has 9 heteroatoms. The van der Waals surface area contributed by atoms with Gasteiger partial charge >= 0.3 is 0 Å². The van der Waals surface area contributed by atoms with E-state index in [0.717, 1.165) is 56.8 Å². The number of likely N-dealkylation sites (N-methyl/N-ethyl adjacent to an activating group) is 1. The summed E-state index contributed by atoms with van der Waals surface area (Å²) < 4.78 is 19.0. The van der Waals surface area contributed by atoms with E-state index in [1.807, 2.05) is 6.07 Å². The maximum Gasteiger partial charge on any atom is 0.243 e. The minimum absolute atomic E-state index is 0. The second kappa shape index (κ2) is 13.9. The number of methoxy groups -OCH3 is 1. The number of amides is 1. The number of ether oxygens (including phenoxy) is 1. The van der Waals surface area contributed by atoms with Crippen molar-refractivity contribution in [1.29, 1.82) is 0 Å². The average molecular weight is 576 g/mol. The Morgan fingerprint density at radius 1 is 1.12 bits per heavy atom. The van der Waals surface area contributed by atoms with E-state index in [1.165, 1.54) is 26.4 Å². The molecule has 1 saturated carbocycles. The summed E-state index contributed by atoms with van der Waals surface area (Å²) in [4.78, 5) is 20.5. The van der Waals surface area contributed by atoms with Crippen molar-refractivity contribution in [2.45, 2.75) is 63.6 Å². The molecule has 0 spiro atoms. The fourth-order valence-corrected chi connectivity index (χ4v) is 4.36. The van der Waals surface area contributed by atoms with Crippen LogP contribution in [0.25, 0.3) is 0 Å². The molecule has 0 atom stereocenters. The van der Waals surface area contributed by atoms with Crippen molar-refractivity contribution in [3.63, 3.8) is 0 Å². The number of carbonyl (C=O) groups is 1. The van der Waals surface area contributed by atoms with Crippen LogP contribution in [0.5, 0.6) is 5.75 Å². The highest BCUT2D eigenvalue weighted by atomic mass is 127. The molecule has 1 heterocycles. The first-order valence-corrected chi connectivity index (χ1v) is 11.8. The molecule has 1 aliphatic carbocycles. The molecule has 1 aromatic carbocycles. The van der Waals surface area contributed by atoms with E-state index in [-0.39, 0.29) is 48.0 Å². The van der Waals surface area contributed by atoms with Gasteiger partial charge in [0, 0.05) is 45.8 Å². The molecule has 186 valence electrons. The summed E-state index contributed by atoms with van der Waals surface area (Å²) in [7, 11) is 4.99. The molecule has 1 amide bonds. The van der Waals surface area contributed by atoms with Crippen LogP contribution >= 0.6 is 24.0 Å². The maximum absolute atomic E-state index is 14.0. The van der Waals surface area contributed by atoms with Crippen LogP contribution in [0.3, 0.4) is 0 Å². The third-order valence-electron chi connectivity index (χ3n) is 6.37. The third kappa shape index (κ3) is 8.92. The molecule has 33 heavy (non-hydrogen) atoms. The van der Waals surface area contributed by atoms with Gasteiger partial charge in [0.15, 0.2) is 17.5 Å². The molecule has 2 aliphatic rings. The third-order valence-corrected chi connectivity index (χ3v) is 6.37. The number of benzene rings is 1. The highest BCUT2D eigenvalue weighted by Crippen LogP contribution is 2.21. The smallest absolute Gasteiger partial charge is 0.243 e. The largest absolute Gasteiger partial charge is 0.494 e. The van der Waals surface area contributed by atoms with Crippen LogP contribution in [0.4, 0.5) is 4.39 Å². The number of nitrogens with one attached hydrogen (secondary N) is 2. The van der Waals surface area contributed by atoms with Crippen molar-refractivity contribution < 1.29 is 13.9 Å². The molecule has 1 aromatic rings. The first kappa shape index (κ1) is 27.6. The van der Waals surface area contributed by atoms with Gasteiger partial charge in [0.1, 0.15) is 6.54 Å². The molecular formula is C24H39FIN5O2. The number of nitrogens with zero attached hydrogens (tertiary/aromatic N) is 3. The van der Waals surface area contributed by atoms with Gasteiger partial charge in [0.2, 0.25) is 5.91 Å². The van der Waals surface area contributed by atoms with Gasteiger partial charge in [0.05, 0.1) is 7.11 Å². The Kier molecular flexibility index (Phi) is 11.7. The zero-order chi connectivity index (χ0) is 22.9. The number of carbonyl (C=O) groups excluding carboxylic acids is 1. The van der Waals surface area contributed by atoms with Crippen molar-refractivity contribution in [3.8, 4) is 5.75 Å². The number of guanidine groups is 1. The number of piperidine rings is 1. The Morgan fingerprint density at radius 2 is 1.76 bits per heavy atom. The molecule has 3 rings (SSSR count). The van der Waals surface area contributed by atoms with Crippen LogP contribution < -0.4 is 15.4 Å². The van der Waals surface area contributed by atoms with E-state index in [2.05, 4.69) is 20.5 Å². The first-order valence-electron chi connectivity index (χ1n) is 11.8.